The number of benzene rings is 2. The Balaban J connectivity index is 1.57. The van der Waals surface area contributed by atoms with Gasteiger partial charge in [0, 0.05) is 30.7 Å². The van der Waals surface area contributed by atoms with Crippen molar-refractivity contribution in [3.8, 4) is 5.69 Å². The summed E-state index contributed by atoms with van der Waals surface area (Å²) in [7, 11) is 0. The maximum atomic E-state index is 15.5. The molecule has 4 aromatic rings. The van der Waals surface area contributed by atoms with E-state index in [0.29, 0.717) is 30.9 Å². The molecule has 2 aromatic heterocycles. The molecule has 39 heavy (non-hydrogen) atoms. The van der Waals surface area contributed by atoms with E-state index in [-0.39, 0.29) is 12.1 Å². The zero-order chi connectivity index (χ0) is 27.7. The fourth-order valence-corrected chi connectivity index (χ4v) is 4.96. The Kier molecular flexibility index (Phi) is 7.03. The van der Waals surface area contributed by atoms with E-state index in [9.17, 15) is 9.59 Å². The first-order valence-corrected chi connectivity index (χ1v) is 12.9. The Morgan fingerprint density at radius 2 is 1.95 bits per heavy atom. The van der Waals surface area contributed by atoms with Gasteiger partial charge in [0.15, 0.2) is 0 Å². The van der Waals surface area contributed by atoms with Crippen LogP contribution in [0.4, 0.5) is 15.0 Å². The first-order chi connectivity index (χ1) is 18.6. The number of ether oxygens (including phenoxy) is 1. The van der Waals surface area contributed by atoms with Crippen LogP contribution >= 0.6 is 0 Å². The Hall–Kier alpha value is -4.34. The van der Waals surface area contributed by atoms with Crippen LogP contribution in [-0.4, -0.2) is 61.6 Å². The van der Waals surface area contributed by atoms with E-state index in [1.54, 1.807) is 28.3 Å². The first kappa shape index (κ1) is 26.3. The third kappa shape index (κ3) is 5.45. The molecular formula is C29H31FN6O3. The minimum Gasteiger partial charge on any atom is -0.444 e. The van der Waals surface area contributed by atoms with Gasteiger partial charge in [-0.1, -0.05) is 23.4 Å². The molecule has 0 saturated carbocycles. The molecule has 0 N–H and O–H groups in total. The molecule has 2 amide bonds. The SMILES string of the molecule is Cc1cccc2ccnc(N(C(=O)c3ccc(-n4ccnn4)cc3F)[C@@H]3CCCN(C(=O)OC(C)(C)C)C3)c12. The largest absolute Gasteiger partial charge is 0.444 e. The zero-order valence-corrected chi connectivity index (χ0v) is 22.5. The molecule has 2 aromatic carbocycles. The van der Waals surface area contributed by atoms with E-state index in [2.05, 4.69) is 15.3 Å². The summed E-state index contributed by atoms with van der Waals surface area (Å²) in [5.74, 6) is -0.780. The van der Waals surface area contributed by atoms with Crippen LogP contribution in [-0.2, 0) is 4.74 Å². The third-order valence-electron chi connectivity index (χ3n) is 6.71. The minimum absolute atomic E-state index is 0.0966. The lowest BCUT2D eigenvalue weighted by Crippen LogP contribution is -2.53. The highest BCUT2D eigenvalue weighted by Gasteiger charge is 2.36. The topological polar surface area (TPSA) is 93.5 Å². The Bertz CT molecular complexity index is 1510. The second-order valence-corrected chi connectivity index (χ2v) is 10.7. The number of nitrogens with zero attached hydrogens (tertiary/aromatic N) is 6. The van der Waals surface area contributed by atoms with Gasteiger partial charge in [0.25, 0.3) is 5.91 Å². The molecule has 202 valence electrons. The summed E-state index contributed by atoms with van der Waals surface area (Å²) in [5.41, 5.74) is 0.639. The fourth-order valence-electron chi connectivity index (χ4n) is 4.96. The lowest BCUT2D eigenvalue weighted by molar-refractivity contribution is 0.0196. The van der Waals surface area contributed by atoms with Crippen LogP contribution in [0.25, 0.3) is 16.5 Å². The Labute approximate surface area is 226 Å². The Morgan fingerprint density at radius 1 is 1.13 bits per heavy atom. The molecule has 10 heteroatoms. The molecule has 9 nitrogen and oxygen atoms in total. The number of halogens is 1. The number of aromatic nitrogens is 4. The van der Waals surface area contributed by atoms with Crippen molar-refractivity contribution in [2.45, 2.75) is 52.2 Å². The molecule has 0 spiro atoms. The van der Waals surface area contributed by atoms with Crippen LogP contribution in [0.15, 0.2) is 61.1 Å². The number of hydrogen-bond donors (Lipinski definition) is 0. The van der Waals surface area contributed by atoms with Crippen molar-refractivity contribution in [2.75, 3.05) is 18.0 Å². The molecule has 1 aliphatic heterocycles. The summed E-state index contributed by atoms with van der Waals surface area (Å²) < 4.78 is 22.5. The van der Waals surface area contributed by atoms with Crippen LogP contribution in [0.3, 0.4) is 0 Å². The Morgan fingerprint density at radius 3 is 2.67 bits per heavy atom. The number of anilines is 1. The molecule has 1 aliphatic rings. The number of likely N-dealkylation sites (tertiary alicyclic amines) is 1. The maximum Gasteiger partial charge on any atom is 0.410 e. The maximum absolute atomic E-state index is 15.5. The highest BCUT2D eigenvalue weighted by molar-refractivity contribution is 6.11. The van der Waals surface area contributed by atoms with Crippen molar-refractivity contribution in [1.82, 2.24) is 24.9 Å². The summed E-state index contributed by atoms with van der Waals surface area (Å²) in [6.45, 7) is 8.15. The van der Waals surface area contributed by atoms with E-state index < -0.39 is 29.5 Å². The van der Waals surface area contributed by atoms with Gasteiger partial charge in [-0.25, -0.2) is 18.9 Å². The van der Waals surface area contributed by atoms with E-state index in [4.69, 9.17) is 4.74 Å². The van der Waals surface area contributed by atoms with Gasteiger partial charge in [0.2, 0.25) is 0 Å². The molecular weight excluding hydrogens is 499 g/mol. The lowest BCUT2D eigenvalue weighted by Gasteiger charge is -2.39. The number of carbonyl (C=O) groups excluding carboxylic acids is 2. The van der Waals surface area contributed by atoms with Gasteiger partial charge < -0.3 is 9.64 Å². The van der Waals surface area contributed by atoms with Gasteiger partial charge in [-0.3, -0.25) is 9.69 Å². The van der Waals surface area contributed by atoms with Crippen molar-refractivity contribution in [3.63, 3.8) is 0 Å². The van der Waals surface area contributed by atoms with E-state index in [1.807, 2.05) is 52.0 Å². The van der Waals surface area contributed by atoms with Crippen molar-refractivity contribution in [3.05, 3.63) is 78.0 Å². The quantitative estimate of drug-likeness (QED) is 0.355. The summed E-state index contributed by atoms with van der Waals surface area (Å²) in [6, 6.07) is 11.6. The highest BCUT2D eigenvalue weighted by Crippen LogP contribution is 2.33. The number of rotatable bonds is 4. The van der Waals surface area contributed by atoms with Crippen LogP contribution in [0.1, 0.15) is 49.5 Å². The number of carbonyl (C=O) groups is 2. The normalized spacial score (nSPS) is 15.8. The highest BCUT2D eigenvalue weighted by atomic mass is 19.1. The van der Waals surface area contributed by atoms with Crippen LogP contribution in [0.5, 0.6) is 0 Å². The molecule has 0 bridgehead atoms. The van der Waals surface area contributed by atoms with Crippen LogP contribution < -0.4 is 4.90 Å². The molecule has 0 aliphatic carbocycles. The van der Waals surface area contributed by atoms with Gasteiger partial charge in [-0.05, 0) is 69.7 Å². The third-order valence-corrected chi connectivity index (χ3v) is 6.71. The summed E-state index contributed by atoms with van der Waals surface area (Å²) in [6.07, 6.45) is 5.57. The molecule has 1 atom stereocenters. The van der Waals surface area contributed by atoms with Crippen LogP contribution in [0, 0.1) is 12.7 Å². The lowest BCUT2D eigenvalue weighted by atomic mass is 10.00. The molecule has 3 heterocycles. The van der Waals surface area contributed by atoms with Gasteiger partial charge >= 0.3 is 6.09 Å². The monoisotopic (exact) mass is 530 g/mol. The van der Waals surface area contributed by atoms with Crippen molar-refractivity contribution in [2.24, 2.45) is 0 Å². The number of amides is 2. The predicted molar refractivity (Wildman–Crippen MR) is 145 cm³/mol. The number of hydrogen-bond acceptors (Lipinski definition) is 6. The molecule has 1 fully saturated rings. The zero-order valence-electron chi connectivity index (χ0n) is 22.5. The average molecular weight is 531 g/mol. The summed E-state index contributed by atoms with van der Waals surface area (Å²) in [5, 5.41) is 9.38. The van der Waals surface area contributed by atoms with Gasteiger partial charge in [-0.15, -0.1) is 5.10 Å². The van der Waals surface area contributed by atoms with Crippen molar-refractivity contribution < 1.29 is 18.7 Å². The number of pyridine rings is 1. The second kappa shape index (κ2) is 10.4. The van der Waals surface area contributed by atoms with Gasteiger partial charge in [0.05, 0.1) is 29.7 Å². The number of fused-ring (bicyclic) bond motifs is 1. The van der Waals surface area contributed by atoms with Crippen molar-refractivity contribution >= 4 is 28.6 Å². The molecule has 0 radical (unpaired) electrons. The van der Waals surface area contributed by atoms with Crippen LogP contribution in [0.2, 0.25) is 0 Å². The molecule has 5 rings (SSSR count). The van der Waals surface area contributed by atoms with Gasteiger partial charge in [0.1, 0.15) is 17.2 Å². The number of piperidine rings is 1. The van der Waals surface area contributed by atoms with Gasteiger partial charge in [-0.2, -0.15) is 0 Å². The smallest absolute Gasteiger partial charge is 0.410 e. The predicted octanol–water partition coefficient (Wildman–Crippen LogP) is 5.31. The van der Waals surface area contributed by atoms with E-state index in [1.165, 1.54) is 23.0 Å². The minimum atomic E-state index is -0.685. The average Bonchev–Trinajstić information content (AvgIpc) is 3.43. The number of aryl methyl sites for hydroxylation is 1. The van der Waals surface area contributed by atoms with E-state index >= 15 is 4.39 Å². The van der Waals surface area contributed by atoms with E-state index in [0.717, 1.165) is 16.3 Å². The van der Waals surface area contributed by atoms with Crippen molar-refractivity contribution in [1.29, 1.82) is 0 Å². The first-order valence-electron chi connectivity index (χ1n) is 12.9. The summed E-state index contributed by atoms with van der Waals surface area (Å²) >= 11 is 0. The summed E-state index contributed by atoms with van der Waals surface area (Å²) in [4.78, 5) is 34.9. The second-order valence-electron chi connectivity index (χ2n) is 10.7. The standard InChI is InChI=1S/C29H31FN6O3/c1-19-7-5-8-20-12-13-31-26(25(19)20)36(22-9-6-15-34(18-22)28(38)39-29(2,3)4)27(37)23-11-10-21(17-24(23)30)35-16-14-32-33-35/h5,7-8,10-14,16-17,22H,6,9,15,18H2,1-4H3/t22-/m1/s1. The fraction of sp³-hybridized carbons (Fsp3) is 0.345. The molecule has 1 saturated heterocycles. The molecule has 0 unspecified atom stereocenters.